The Hall–Kier alpha value is -2.88. The van der Waals surface area contributed by atoms with Crippen molar-refractivity contribution in [2.24, 2.45) is 5.92 Å². The Morgan fingerprint density at radius 2 is 1.85 bits per heavy atom. The molecule has 0 heterocycles. The van der Waals surface area contributed by atoms with Crippen molar-refractivity contribution in [3.8, 4) is 0 Å². The lowest BCUT2D eigenvalue weighted by atomic mass is 10.1. The Kier molecular flexibility index (Phi) is 5.84. The lowest BCUT2D eigenvalue weighted by Crippen LogP contribution is -2.26. The first-order valence-corrected chi connectivity index (χ1v) is 8.90. The number of anilines is 1. The van der Waals surface area contributed by atoms with E-state index >= 15 is 0 Å². The molecule has 3 rings (SSSR count). The van der Waals surface area contributed by atoms with Gasteiger partial charge in [0.25, 0.3) is 5.91 Å². The zero-order valence-electron chi connectivity index (χ0n) is 14.9. The topological polar surface area (TPSA) is 55.4 Å². The minimum atomic E-state index is -0.963. The molecule has 0 fully saturated rings. The van der Waals surface area contributed by atoms with Crippen LogP contribution in [0.25, 0.3) is 0 Å². The third-order valence-electron chi connectivity index (χ3n) is 4.45. The maximum absolute atomic E-state index is 12.8. The molecule has 2 atom stereocenters. The molecule has 0 bridgehead atoms. The van der Waals surface area contributed by atoms with Crippen LogP contribution in [0.15, 0.2) is 66.7 Å². The van der Waals surface area contributed by atoms with Gasteiger partial charge in [0.05, 0.1) is 6.42 Å². The molecule has 1 aliphatic carbocycles. The van der Waals surface area contributed by atoms with Gasteiger partial charge < -0.3 is 10.1 Å². The fraction of sp³-hybridized carbons (Fsp3) is 0.273. The number of amides is 1. The number of aryl methyl sites for hydroxylation is 1. The highest BCUT2D eigenvalue weighted by Gasteiger charge is 2.26. The molecule has 0 saturated heterocycles. The van der Waals surface area contributed by atoms with Crippen LogP contribution in [0, 0.1) is 12.8 Å². The van der Waals surface area contributed by atoms with E-state index in [4.69, 9.17) is 4.74 Å². The second-order valence-corrected chi connectivity index (χ2v) is 6.61. The SMILES string of the molecule is Cc1ccc(NC(=O)[C@H](OC(=O)C[C@H]2C=CCC2)c2ccccc2)cc1. The van der Waals surface area contributed by atoms with Crippen molar-refractivity contribution in [1.29, 1.82) is 0 Å². The number of carbonyl (C=O) groups is 2. The molecule has 4 heteroatoms. The number of allylic oxidation sites excluding steroid dienone is 2. The summed E-state index contributed by atoms with van der Waals surface area (Å²) >= 11 is 0. The summed E-state index contributed by atoms with van der Waals surface area (Å²) in [7, 11) is 0. The van der Waals surface area contributed by atoms with E-state index in [1.165, 1.54) is 0 Å². The molecule has 2 aromatic carbocycles. The number of ether oxygens (including phenoxy) is 1. The lowest BCUT2D eigenvalue weighted by Gasteiger charge is -2.19. The summed E-state index contributed by atoms with van der Waals surface area (Å²) < 4.78 is 5.57. The number of rotatable bonds is 6. The van der Waals surface area contributed by atoms with Crippen molar-refractivity contribution in [1.82, 2.24) is 0 Å². The van der Waals surface area contributed by atoms with Crippen molar-refractivity contribution < 1.29 is 14.3 Å². The minimum absolute atomic E-state index is 0.207. The van der Waals surface area contributed by atoms with Gasteiger partial charge in [-0.3, -0.25) is 9.59 Å². The van der Waals surface area contributed by atoms with E-state index in [9.17, 15) is 9.59 Å². The highest BCUT2D eigenvalue weighted by atomic mass is 16.5. The van der Waals surface area contributed by atoms with Crippen molar-refractivity contribution in [3.05, 3.63) is 77.9 Å². The summed E-state index contributed by atoms with van der Waals surface area (Å²) in [5, 5.41) is 2.84. The molecule has 0 spiro atoms. The van der Waals surface area contributed by atoms with Crippen LogP contribution in [-0.2, 0) is 14.3 Å². The Labute approximate surface area is 153 Å². The fourth-order valence-corrected chi connectivity index (χ4v) is 3.00. The van der Waals surface area contributed by atoms with Crippen molar-refractivity contribution in [2.45, 2.75) is 32.3 Å². The van der Waals surface area contributed by atoms with Crippen LogP contribution in [0.2, 0.25) is 0 Å². The zero-order chi connectivity index (χ0) is 18.4. The van der Waals surface area contributed by atoms with Crippen LogP contribution in [0.1, 0.15) is 36.5 Å². The highest BCUT2D eigenvalue weighted by molar-refractivity contribution is 5.96. The van der Waals surface area contributed by atoms with Gasteiger partial charge in [0.1, 0.15) is 0 Å². The Morgan fingerprint density at radius 3 is 2.50 bits per heavy atom. The Balaban J connectivity index is 1.72. The maximum atomic E-state index is 12.8. The molecule has 4 nitrogen and oxygen atoms in total. The van der Waals surface area contributed by atoms with Gasteiger partial charge in [-0.1, -0.05) is 60.2 Å². The van der Waals surface area contributed by atoms with Crippen molar-refractivity contribution in [3.63, 3.8) is 0 Å². The van der Waals surface area contributed by atoms with E-state index in [0.29, 0.717) is 17.7 Å². The molecule has 1 N–H and O–H groups in total. The number of carbonyl (C=O) groups excluding carboxylic acids is 2. The second kappa shape index (κ2) is 8.48. The molecule has 0 aliphatic heterocycles. The molecular formula is C22H23NO3. The minimum Gasteiger partial charge on any atom is -0.447 e. The summed E-state index contributed by atoms with van der Waals surface area (Å²) in [4.78, 5) is 25.1. The summed E-state index contributed by atoms with van der Waals surface area (Å²) in [5.74, 6) is -0.496. The van der Waals surface area contributed by atoms with Gasteiger partial charge in [0.2, 0.25) is 6.10 Å². The highest BCUT2D eigenvalue weighted by Crippen LogP contribution is 2.25. The van der Waals surface area contributed by atoms with E-state index in [2.05, 4.69) is 11.4 Å². The van der Waals surface area contributed by atoms with Gasteiger partial charge in [-0.2, -0.15) is 0 Å². The third kappa shape index (κ3) is 4.82. The molecule has 1 amide bonds. The van der Waals surface area contributed by atoms with Crippen LogP contribution in [0.3, 0.4) is 0 Å². The van der Waals surface area contributed by atoms with Crippen molar-refractivity contribution >= 4 is 17.6 Å². The number of nitrogens with one attached hydrogen (secondary N) is 1. The van der Waals surface area contributed by atoms with E-state index < -0.39 is 6.10 Å². The zero-order valence-corrected chi connectivity index (χ0v) is 14.9. The first-order valence-electron chi connectivity index (χ1n) is 8.90. The number of benzene rings is 2. The van der Waals surface area contributed by atoms with Crippen LogP contribution >= 0.6 is 0 Å². The predicted molar refractivity (Wildman–Crippen MR) is 102 cm³/mol. The van der Waals surface area contributed by atoms with E-state index in [1.54, 1.807) is 12.1 Å². The Morgan fingerprint density at radius 1 is 1.12 bits per heavy atom. The van der Waals surface area contributed by atoms with Gasteiger partial charge in [-0.15, -0.1) is 0 Å². The molecule has 134 valence electrons. The lowest BCUT2D eigenvalue weighted by molar-refractivity contribution is -0.155. The van der Waals surface area contributed by atoms with E-state index in [1.807, 2.05) is 55.5 Å². The van der Waals surface area contributed by atoms with Gasteiger partial charge in [0, 0.05) is 11.3 Å². The van der Waals surface area contributed by atoms with Crippen molar-refractivity contribution in [2.75, 3.05) is 5.32 Å². The number of esters is 1. The standard InChI is InChI=1S/C22H23NO3/c1-16-11-13-19(14-12-16)23-22(25)21(18-9-3-2-4-10-18)26-20(24)15-17-7-5-6-8-17/h2-5,7,9-14,17,21H,6,8,15H2,1H3,(H,23,25)/t17-,21+/m0/s1. The molecule has 0 aromatic heterocycles. The summed E-state index contributed by atoms with van der Waals surface area (Å²) in [6, 6.07) is 16.6. The first-order chi connectivity index (χ1) is 12.6. The first kappa shape index (κ1) is 17.9. The molecular weight excluding hydrogens is 326 g/mol. The molecule has 0 saturated carbocycles. The quantitative estimate of drug-likeness (QED) is 0.614. The van der Waals surface area contributed by atoms with Crippen LogP contribution in [0.5, 0.6) is 0 Å². The summed E-state index contributed by atoms with van der Waals surface area (Å²) in [6.45, 7) is 1.98. The average Bonchev–Trinajstić information content (AvgIpc) is 3.15. The van der Waals surface area contributed by atoms with Crippen LogP contribution < -0.4 is 5.32 Å². The molecule has 2 aromatic rings. The maximum Gasteiger partial charge on any atom is 0.307 e. The van der Waals surface area contributed by atoms with Crippen LogP contribution in [-0.4, -0.2) is 11.9 Å². The molecule has 1 aliphatic rings. The predicted octanol–water partition coefficient (Wildman–Crippen LogP) is 4.57. The van der Waals surface area contributed by atoms with Gasteiger partial charge in [0.15, 0.2) is 0 Å². The van der Waals surface area contributed by atoms with E-state index in [0.717, 1.165) is 18.4 Å². The Bertz CT molecular complexity index is 781. The fourth-order valence-electron chi connectivity index (χ4n) is 3.00. The number of hydrogen-bond acceptors (Lipinski definition) is 3. The number of hydrogen-bond donors (Lipinski definition) is 1. The largest absolute Gasteiger partial charge is 0.447 e. The van der Waals surface area contributed by atoms with Gasteiger partial charge in [-0.25, -0.2) is 0 Å². The van der Waals surface area contributed by atoms with Gasteiger partial charge >= 0.3 is 5.97 Å². The smallest absolute Gasteiger partial charge is 0.307 e. The van der Waals surface area contributed by atoms with Crippen LogP contribution in [0.4, 0.5) is 5.69 Å². The summed E-state index contributed by atoms with van der Waals surface area (Å²) in [6.07, 6.45) is 5.42. The van der Waals surface area contributed by atoms with E-state index in [-0.39, 0.29) is 17.8 Å². The summed E-state index contributed by atoms with van der Waals surface area (Å²) in [5.41, 5.74) is 2.45. The normalized spacial score (nSPS) is 16.9. The average molecular weight is 349 g/mol. The third-order valence-corrected chi connectivity index (χ3v) is 4.45. The molecule has 0 radical (unpaired) electrons. The van der Waals surface area contributed by atoms with Gasteiger partial charge in [-0.05, 0) is 37.8 Å². The monoisotopic (exact) mass is 349 g/mol. The molecule has 26 heavy (non-hydrogen) atoms. The second-order valence-electron chi connectivity index (χ2n) is 6.61. The molecule has 0 unspecified atom stereocenters.